The van der Waals surface area contributed by atoms with Crippen LogP contribution in [0.1, 0.15) is 26.2 Å². The number of allylic oxidation sites excluding steroid dienone is 6. The van der Waals surface area contributed by atoms with Crippen LogP contribution in [0.15, 0.2) is 78.9 Å². The Labute approximate surface area is 167 Å². The predicted octanol–water partition coefficient (Wildman–Crippen LogP) is 3.13. The van der Waals surface area contributed by atoms with E-state index in [-0.39, 0.29) is 12.4 Å². The monoisotopic (exact) mass is 386 g/mol. The molecule has 0 saturated carbocycles. The number of ketones is 1. The summed E-state index contributed by atoms with van der Waals surface area (Å²) in [7, 11) is 0. The van der Waals surface area contributed by atoms with E-state index in [4.69, 9.17) is 4.74 Å². The highest BCUT2D eigenvalue weighted by atomic mass is 16.5. The SMILES string of the molecule is CC(=O)CCC[C@H](O)[C@H](O)/C=C/C=C/C=C\C=C\C(O)COc1ccccc1. The zero-order valence-corrected chi connectivity index (χ0v) is 16.2. The van der Waals surface area contributed by atoms with Crippen LogP contribution >= 0.6 is 0 Å². The van der Waals surface area contributed by atoms with E-state index in [2.05, 4.69) is 0 Å². The number of Topliss-reactive ketones (excluding diaryl/α,β-unsaturated/α-hetero) is 1. The first-order valence-corrected chi connectivity index (χ1v) is 9.39. The third-order valence-corrected chi connectivity index (χ3v) is 3.78. The second-order valence-electron chi connectivity index (χ2n) is 6.38. The second-order valence-corrected chi connectivity index (χ2v) is 6.38. The number of hydrogen-bond acceptors (Lipinski definition) is 5. The molecule has 0 saturated heterocycles. The Morgan fingerprint density at radius 1 is 0.964 bits per heavy atom. The fourth-order valence-corrected chi connectivity index (χ4v) is 2.24. The first-order chi connectivity index (χ1) is 13.5. The molecule has 0 aliphatic carbocycles. The smallest absolute Gasteiger partial charge is 0.129 e. The molecule has 0 amide bonds. The fraction of sp³-hybridized carbons (Fsp3) is 0.348. The highest BCUT2D eigenvalue weighted by Crippen LogP contribution is 2.09. The first-order valence-electron chi connectivity index (χ1n) is 9.39. The fourth-order valence-electron chi connectivity index (χ4n) is 2.24. The summed E-state index contributed by atoms with van der Waals surface area (Å²) in [5.74, 6) is 0.795. The molecule has 3 atom stereocenters. The normalized spacial score (nSPS) is 15.6. The van der Waals surface area contributed by atoms with Gasteiger partial charge in [0.15, 0.2) is 0 Å². The summed E-state index contributed by atoms with van der Waals surface area (Å²) in [4.78, 5) is 10.8. The van der Waals surface area contributed by atoms with E-state index in [1.165, 1.54) is 13.0 Å². The molecule has 1 rings (SSSR count). The highest BCUT2D eigenvalue weighted by Gasteiger charge is 2.12. The van der Waals surface area contributed by atoms with Crippen LogP contribution in [0, 0.1) is 0 Å². The van der Waals surface area contributed by atoms with Gasteiger partial charge in [-0.15, -0.1) is 0 Å². The Morgan fingerprint density at radius 2 is 1.57 bits per heavy atom. The van der Waals surface area contributed by atoms with Gasteiger partial charge in [-0.3, -0.25) is 0 Å². The molecule has 0 bridgehead atoms. The van der Waals surface area contributed by atoms with Gasteiger partial charge < -0.3 is 24.9 Å². The van der Waals surface area contributed by atoms with Crippen LogP contribution in [0.3, 0.4) is 0 Å². The van der Waals surface area contributed by atoms with Gasteiger partial charge in [-0.2, -0.15) is 0 Å². The molecule has 0 fully saturated rings. The lowest BCUT2D eigenvalue weighted by Crippen LogP contribution is -2.23. The molecule has 5 nitrogen and oxygen atoms in total. The Kier molecular flexibility index (Phi) is 12.3. The maximum atomic E-state index is 10.8. The zero-order valence-electron chi connectivity index (χ0n) is 16.2. The van der Waals surface area contributed by atoms with Crippen molar-refractivity contribution in [1.82, 2.24) is 0 Å². The van der Waals surface area contributed by atoms with Crippen molar-refractivity contribution in [3.05, 3.63) is 78.9 Å². The van der Waals surface area contributed by atoms with E-state index in [1.54, 1.807) is 42.5 Å². The quantitative estimate of drug-likeness (QED) is 0.454. The molecule has 1 aromatic carbocycles. The number of benzene rings is 1. The van der Waals surface area contributed by atoms with Crippen molar-refractivity contribution in [2.24, 2.45) is 0 Å². The van der Waals surface area contributed by atoms with E-state index in [1.807, 2.05) is 30.3 Å². The number of hydrogen-bond donors (Lipinski definition) is 3. The van der Waals surface area contributed by atoms with Crippen molar-refractivity contribution in [3.63, 3.8) is 0 Å². The lowest BCUT2D eigenvalue weighted by atomic mass is 10.1. The predicted molar refractivity (Wildman–Crippen MR) is 111 cm³/mol. The number of ether oxygens (including phenoxy) is 1. The first kappa shape index (κ1) is 23.6. The van der Waals surface area contributed by atoms with Gasteiger partial charge in [-0.25, -0.2) is 0 Å². The van der Waals surface area contributed by atoms with Gasteiger partial charge in [0.2, 0.25) is 0 Å². The van der Waals surface area contributed by atoms with Crippen LogP contribution in [0.4, 0.5) is 0 Å². The minimum Gasteiger partial charge on any atom is -0.491 e. The van der Waals surface area contributed by atoms with E-state index >= 15 is 0 Å². The molecular weight excluding hydrogens is 356 g/mol. The largest absolute Gasteiger partial charge is 0.491 e. The molecule has 0 aromatic heterocycles. The van der Waals surface area contributed by atoms with Gasteiger partial charge in [0, 0.05) is 6.42 Å². The number of para-hydroxylation sites is 1. The topological polar surface area (TPSA) is 87.0 Å². The van der Waals surface area contributed by atoms with Crippen molar-refractivity contribution in [2.45, 2.75) is 44.5 Å². The van der Waals surface area contributed by atoms with E-state index in [0.717, 1.165) is 0 Å². The Bertz CT molecular complexity index is 661. The highest BCUT2D eigenvalue weighted by molar-refractivity contribution is 5.75. The standard InChI is InChI=1S/C23H30O5/c1-19(24)12-11-17-23(27)22(26)16-10-5-3-2-4-7-13-20(25)18-28-21-14-8-6-9-15-21/h2-10,13-16,20,22-23,25-27H,11-12,17-18H2,1H3/b4-2-,5-3+,13-7+,16-10+/t20?,22-,23+/m1/s1. The van der Waals surface area contributed by atoms with Crippen LogP contribution in [-0.4, -0.2) is 46.0 Å². The van der Waals surface area contributed by atoms with Gasteiger partial charge in [-0.1, -0.05) is 66.8 Å². The second kappa shape index (κ2) is 14.6. The minimum atomic E-state index is -0.958. The minimum absolute atomic E-state index is 0.0808. The van der Waals surface area contributed by atoms with Gasteiger partial charge >= 0.3 is 0 Å². The summed E-state index contributed by atoms with van der Waals surface area (Å²) in [6.45, 7) is 1.69. The maximum absolute atomic E-state index is 10.8. The molecule has 0 aliphatic rings. The molecular formula is C23H30O5. The molecule has 0 spiro atoms. The molecule has 3 N–H and O–H groups in total. The molecule has 152 valence electrons. The van der Waals surface area contributed by atoms with Crippen molar-refractivity contribution >= 4 is 5.78 Å². The number of rotatable bonds is 13. The Hall–Kier alpha value is -2.47. The summed E-state index contributed by atoms with van der Waals surface area (Å²) in [5.41, 5.74) is 0. The number of carbonyl (C=O) groups excluding carboxylic acids is 1. The average Bonchev–Trinajstić information content (AvgIpc) is 2.68. The molecule has 0 aliphatic heterocycles. The molecule has 1 unspecified atom stereocenters. The summed E-state index contributed by atoms with van der Waals surface area (Å²) in [6.07, 6.45) is 12.4. The van der Waals surface area contributed by atoms with Crippen LogP contribution < -0.4 is 4.74 Å². The maximum Gasteiger partial charge on any atom is 0.129 e. The van der Waals surface area contributed by atoms with E-state index < -0.39 is 18.3 Å². The van der Waals surface area contributed by atoms with Crippen LogP contribution in [0.2, 0.25) is 0 Å². The lowest BCUT2D eigenvalue weighted by Gasteiger charge is -2.13. The Morgan fingerprint density at radius 3 is 2.21 bits per heavy atom. The van der Waals surface area contributed by atoms with Gasteiger partial charge in [0.1, 0.15) is 24.2 Å². The van der Waals surface area contributed by atoms with Crippen molar-refractivity contribution in [3.8, 4) is 5.75 Å². The molecule has 0 radical (unpaired) electrons. The van der Waals surface area contributed by atoms with E-state index in [9.17, 15) is 20.1 Å². The van der Waals surface area contributed by atoms with Crippen molar-refractivity contribution < 1.29 is 24.9 Å². The molecule has 1 aromatic rings. The summed E-state index contributed by atoms with van der Waals surface area (Å²) >= 11 is 0. The Balaban J connectivity index is 2.22. The number of carbonyl (C=O) groups is 1. The third kappa shape index (κ3) is 12.0. The average molecular weight is 386 g/mol. The molecule has 0 heterocycles. The number of aliphatic hydroxyl groups is 3. The number of aliphatic hydroxyl groups excluding tert-OH is 3. The summed E-state index contributed by atoms with van der Waals surface area (Å²) < 4.78 is 5.45. The van der Waals surface area contributed by atoms with Crippen molar-refractivity contribution in [1.29, 1.82) is 0 Å². The van der Waals surface area contributed by atoms with E-state index in [0.29, 0.717) is 25.0 Å². The van der Waals surface area contributed by atoms with Gasteiger partial charge in [0.05, 0.1) is 12.2 Å². The third-order valence-electron chi connectivity index (χ3n) is 3.78. The molecule has 5 heteroatoms. The van der Waals surface area contributed by atoms with Crippen LogP contribution in [-0.2, 0) is 4.79 Å². The lowest BCUT2D eigenvalue weighted by molar-refractivity contribution is -0.117. The van der Waals surface area contributed by atoms with Crippen LogP contribution in [0.5, 0.6) is 5.75 Å². The zero-order chi connectivity index (χ0) is 20.6. The summed E-state index contributed by atoms with van der Waals surface area (Å²) in [6, 6.07) is 9.30. The van der Waals surface area contributed by atoms with Crippen molar-refractivity contribution in [2.75, 3.05) is 6.61 Å². The van der Waals surface area contributed by atoms with Gasteiger partial charge in [-0.05, 0) is 31.9 Å². The van der Waals surface area contributed by atoms with Crippen LogP contribution in [0.25, 0.3) is 0 Å². The summed E-state index contributed by atoms with van der Waals surface area (Å²) in [5, 5.41) is 29.4. The molecule has 28 heavy (non-hydrogen) atoms. The van der Waals surface area contributed by atoms with Gasteiger partial charge in [0.25, 0.3) is 0 Å².